The third kappa shape index (κ3) is 5.24. The first kappa shape index (κ1) is 26.1. The fourth-order valence-electron chi connectivity index (χ4n) is 4.83. The van der Waals surface area contributed by atoms with Gasteiger partial charge in [-0.2, -0.15) is 0 Å². The number of para-hydroxylation sites is 2. The van der Waals surface area contributed by atoms with Gasteiger partial charge in [0.2, 0.25) is 11.9 Å². The molecule has 0 fully saturated rings. The van der Waals surface area contributed by atoms with Crippen LogP contribution in [0.1, 0.15) is 42.7 Å². The van der Waals surface area contributed by atoms with E-state index < -0.39 is 5.91 Å². The molecule has 1 heterocycles. The molecule has 6 nitrogen and oxygen atoms in total. The second-order valence-corrected chi connectivity index (χ2v) is 10.00. The summed E-state index contributed by atoms with van der Waals surface area (Å²) in [7, 11) is 2.14. The molecule has 5 rings (SSSR count). The number of aromatic nitrogens is 2. The lowest BCUT2D eigenvalue weighted by Crippen LogP contribution is -2.30. The molecule has 4 aromatic carbocycles. The Hall–Kier alpha value is -4.55. The Kier molecular flexibility index (Phi) is 7.39. The number of primary amides is 1. The molecule has 0 bridgehead atoms. The van der Waals surface area contributed by atoms with Crippen LogP contribution in [0.25, 0.3) is 22.2 Å². The SMILES string of the molecule is CC(C)N(C)C(C)c1ccccc1N(c1ccc(C(N)=O)cc1)c1nc(-c2ccccc2)c2ccccc2n1. The van der Waals surface area contributed by atoms with E-state index in [-0.39, 0.29) is 6.04 Å². The monoisotopic (exact) mass is 515 g/mol. The van der Waals surface area contributed by atoms with Gasteiger partial charge in [-0.3, -0.25) is 14.6 Å². The predicted octanol–water partition coefficient (Wildman–Crippen LogP) is 7.27. The molecule has 196 valence electrons. The lowest BCUT2D eigenvalue weighted by molar-refractivity contribution is 0.100. The van der Waals surface area contributed by atoms with E-state index in [9.17, 15) is 4.79 Å². The molecule has 0 saturated heterocycles. The van der Waals surface area contributed by atoms with E-state index in [1.54, 1.807) is 12.1 Å². The normalized spacial score (nSPS) is 12.2. The molecule has 6 heteroatoms. The van der Waals surface area contributed by atoms with Crippen molar-refractivity contribution in [2.24, 2.45) is 5.73 Å². The summed E-state index contributed by atoms with van der Waals surface area (Å²) >= 11 is 0. The zero-order valence-electron chi connectivity index (χ0n) is 22.7. The van der Waals surface area contributed by atoms with E-state index >= 15 is 0 Å². The Balaban J connectivity index is 1.78. The lowest BCUT2D eigenvalue weighted by atomic mass is 10.0. The van der Waals surface area contributed by atoms with Crippen LogP contribution in [0, 0.1) is 0 Å². The van der Waals surface area contributed by atoms with Crippen molar-refractivity contribution in [1.82, 2.24) is 14.9 Å². The van der Waals surface area contributed by atoms with Crippen molar-refractivity contribution in [2.45, 2.75) is 32.9 Å². The van der Waals surface area contributed by atoms with Crippen LogP contribution in [0.15, 0.2) is 103 Å². The lowest BCUT2D eigenvalue weighted by Gasteiger charge is -2.33. The molecule has 1 unspecified atom stereocenters. The topological polar surface area (TPSA) is 75.3 Å². The Morgan fingerprint density at radius 3 is 2.10 bits per heavy atom. The first-order valence-electron chi connectivity index (χ1n) is 13.2. The number of anilines is 3. The Labute approximate surface area is 229 Å². The summed E-state index contributed by atoms with van der Waals surface area (Å²) in [5.74, 6) is 0.0835. The molecule has 0 saturated carbocycles. The average molecular weight is 516 g/mol. The number of hydrogen-bond donors (Lipinski definition) is 1. The Morgan fingerprint density at radius 2 is 1.41 bits per heavy atom. The predicted molar refractivity (Wildman–Crippen MR) is 159 cm³/mol. The third-order valence-corrected chi connectivity index (χ3v) is 7.30. The summed E-state index contributed by atoms with van der Waals surface area (Å²) in [5, 5.41) is 0.984. The van der Waals surface area contributed by atoms with Gasteiger partial charge >= 0.3 is 0 Å². The quantitative estimate of drug-likeness (QED) is 0.235. The van der Waals surface area contributed by atoms with Crippen molar-refractivity contribution in [3.8, 4) is 11.3 Å². The highest BCUT2D eigenvalue weighted by molar-refractivity contribution is 5.95. The summed E-state index contributed by atoms with van der Waals surface area (Å²) in [6.45, 7) is 6.60. The van der Waals surface area contributed by atoms with Gasteiger partial charge in [-0.1, -0.05) is 66.7 Å². The third-order valence-electron chi connectivity index (χ3n) is 7.30. The number of benzene rings is 4. The zero-order valence-corrected chi connectivity index (χ0v) is 22.7. The number of carbonyl (C=O) groups is 1. The van der Waals surface area contributed by atoms with Crippen LogP contribution in [0.5, 0.6) is 0 Å². The Morgan fingerprint density at radius 1 is 0.769 bits per heavy atom. The van der Waals surface area contributed by atoms with Gasteiger partial charge in [-0.15, -0.1) is 0 Å². The fraction of sp³-hybridized carbons (Fsp3) is 0.182. The van der Waals surface area contributed by atoms with Crippen LogP contribution in [-0.2, 0) is 0 Å². The second kappa shape index (κ2) is 11.1. The van der Waals surface area contributed by atoms with Crippen molar-refractivity contribution in [3.63, 3.8) is 0 Å². The number of carbonyl (C=O) groups excluding carboxylic acids is 1. The molecule has 2 N–H and O–H groups in total. The van der Waals surface area contributed by atoms with Gasteiger partial charge in [0, 0.05) is 34.3 Å². The molecule has 0 aliphatic heterocycles. The number of fused-ring (bicyclic) bond motifs is 1. The minimum absolute atomic E-state index is 0.127. The van der Waals surface area contributed by atoms with Crippen molar-refractivity contribution >= 4 is 34.1 Å². The van der Waals surface area contributed by atoms with Gasteiger partial charge in [-0.25, -0.2) is 9.97 Å². The van der Waals surface area contributed by atoms with Crippen LogP contribution in [0.4, 0.5) is 17.3 Å². The van der Waals surface area contributed by atoms with E-state index in [0.717, 1.165) is 39.1 Å². The maximum Gasteiger partial charge on any atom is 0.248 e. The standard InChI is InChI=1S/C33H33N5O/c1-22(2)37(4)23(3)27-14-9-11-17-30(27)38(26-20-18-25(19-21-26)32(34)39)33-35-29-16-10-8-15-28(29)31(36-33)24-12-6-5-7-13-24/h5-23H,1-4H3,(H2,34,39). The molecule has 0 aliphatic rings. The van der Waals surface area contributed by atoms with E-state index in [2.05, 4.69) is 74.0 Å². The number of nitrogens with two attached hydrogens (primary N) is 1. The van der Waals surface area contributed by atoms with Gasteiger partial charge in [0.1, 0.15) is 0 Å². The van der Waals surface area contributed by atoms with Crippen molar-refractivity contribution in [2.75, 3.05) is 11.9 Å². The summed E-state index contributed by atoms with van der Waals surface area (Å²) in [4.78, 5) is 26.5. The summed E-state index contributed by atoms with van der Waals surface area (Å²) in [5.41, 5.74) is 11.7. The highest BCUT2D eigenvalue weighted by Crippen LogP contribution is 2.40. The highest BCUT2D eigenvalue weighted by atomic mass is 16.1. The molecule has 39 heavy (non-hydrogen) atoms. The minimum Gasteiger partial charge on any atom is -0.366 e. The van der Waals surface area contributed by atoms with Crippen molar-refractivity contribution in [1.29, 1.82) is 0 Å². The number of amides is 1. The van der Waals surface area contributed by atoms with Gasteiger partial charge in [0.25, 0.3) is 0 Å². The van der Waals surface area contributed by atoms with E-state index in [0.29, 0.717) is 17.6 Å². The molecule has 5 aromatic rings. The van der Waals surface area contributed by atoms with Gasteiger partial charge in [0.05, 0.1) is 16.9 Å². The maximum atomic E-state index is 11.8. The van der Waals surface area contributed by atoms with Gasteiger partial charge < -0.3 is 5.73 Å². The number of nitrogens with zero attached hydrogens (tertiary/aromatic N) is 4. The van der Waals surface area contributed by atoms with Crippen molar-refractivity contribution < 1.29 is 4.79 Å². The highest BCUT2D eigenvalue weighted by Gasteiger charge is 2.25. The molecule has 0 aliphatic carbocycles. The zero-order chi connectivity index (χ0) is 27.5. The molecule has 1 atom stereocenters. The molecular weight excluding hydrogens is 482 g/mol. The maximum absolute atomic E-state index is 11.8. The number of rotatable bonds is 8. The number of hydrogen-bond acceptors (Lipinski definition) is 5. The van der Waals surface area contributed by atoms with E-state index in [1.807, 2.05) is 54.6 Å². The van der Waals surface area contributed by atoms with E-state index in [4.69, 9.17) is 15.7 Å². The Bertz CT molecular complexity index is 1600. The smallest absolute Gasteiger partial charge is 0.248 e. The summed E-state index contributed by atoms with van der Waals surface area (Å²) in [6, 6.07) is 34.4. The molecule has 1 aromatic heterocycles. The average Bonchev–Trinajstić information content (AvgIpc) is 2.97. The summed E-state index contributed by atoms with van der Waals surface area (Å²) < 4.78 is 0. The molecule has 0 spiro atoms. The minimum atomic E-state index is -0.464. The van der Waals surface area contributed by atoms with Crippen LogP contribution in [0.2, 0.25) is 0 Å². The van der Waals surface area contributed by atoms with Crippen LogP contribution in [-0.4, -0.2) is 33.9 Å². The molecular formula is C33H33N5O. The summed E-state index contributed by atoms with van der Waals surface area (Å²) in [6.07, 6.45) is 0. The molecule has 1 amide bonds. The second-order valence-electron chi connectivity index (χ2n) is 10.00. The van der Waals surface area contributed by atoms with Gasteiger partial charge in [0.15, 0.2) is 0 Å². The first-order valence-corrected chi connectivity index (χ1v) is 13.2. The first-order chi connectivity index (χ1) is 18.8. The largest absolute Gasteiger partial charge is 0.366 e. The van der Waals surface area contributed by atoms with Crippen LogP contribution < -0.4 is 10.6 Å². The van der Waals surface area contributed by atoms with E-state index in [1.165, 1.54) is 0 Å². The van der Waals surface area contributed by atoms with Crippen LogP contribution >= 0.6 is 0 Å². The fourth-order valence-corrected chi connectivity index (χ4v) is 4.83. The molecule has 0 radical (unpaired) electrons. The van der Waals surface area contributed by atoms with Crippen molar-refractivity contribution in [3.05, 3.63) is 114 Å². The van der Waals surface area contributed by atoms with Gasteiger partial charge in [-0.05, 0) is 69.8 Å². The van der Waals surface area contributed by atoms with Crippen LogP contribution in [0.3, 0.4) is 0 Å².